The van der Waals surface area contributed by atoms with E-state index in [1.54, 1.807) is 0 Å². The molecule has 1 aromatic rings. The van der Waals surface area contributed by atoms with Crippen LogP contribution in [0.2, 0.25) is 0 Å². The van der Waals surface area contributed by atoms with E-state index in [1.165, 1.54) is 5.56 Å². The molecular weight excluding hydrogens is 240 g/mol. The van der Waals surface area contributed by atoms with Gasteiger partial charge < -0.3 is 15.8 Å². The van der Waals surface area contributed by atoms with Gasteiger partial charge in [0.05, 0.1) is 13.0 Å². The van der Waals surface area contributed by atoms with Gasteiger partial charge in [0.25, 0.3) is 0 Å². The van der Waals surface area contributed by atoms with Gasteiger partial charge in [0.1, 0.15) is 5.75 Å². The van der Waals surface area contributed by atoms with E-state index >= 15 is 0 Å². The second-order valence-corrected chi connectivity index (χ2v) is 4.84. The standard InChI is InChI=1S/C15H24N2O2/c1-4-17-15(18)7-8-19-14-6-5-11(2)9-13(14)10-12(3)16/h5-6,9,12H,4,7-8,10,16H2,1-3H3,(H,17,18). The molecule has 0 bridgehead atoms. The maximum Gasteiger partial charge on any atom is 0.223 e. The third-order valence-corrected chi connectivity index (χ3v) is 2.72. The zero-order chi connectivity index (χ0) is 14.3. The molecule has 0 fully saturated rings. The second kappa shape index (κ2) is 7.79. The molecule has 19 heavy (non-hydrogen) atoms. The van der Waals surface area contributed by atoms with Gasteiger partial charge in [-0.3, -0.25) is 4.79 Å². The molecule has 0 saturated heterocycles. The van der Waals surface area contributed by atoms with Crippen molar-refractivity contribution in [3.8, 4) is 5.75 Å². The van der Waals surface area contributed by atoms with E-state index in [0.29, 0.717) is 19.6 Å². The van der Waals surface area contributed by atoms with Crippen molar-refractivity contribution in [3.05, 3.63) is 29.3 Å². The molecule has 4 heteroatoms. The SMILES string of the molecule is CCNC(=O)CCOc1ccc(C)cc1CC(C)N. The lowest BCUT2D eigenvalue weighted by Gasteiger charge is -2.14. The molecule has 1 atom stereocenters. The van der Waals surface area contributed by atoms with E-state index < -0.39 is 0 Å². The number of hydrogen-bond acceptors (Lipinski definition) is 3. The van der Waals surface area contributed by atoms with E-state index in [-0.39, 0.29) is 11.9 Å². The number of carbonyl (C=O) groups is 1. The highest BCUT2D eigenvalue weighted by Crippen LogP contribution is 2.21. The normalized spacial score (nSPS) is 12.0. The van der Waals surface area contributed by atoms with Gasteiger partial charge in [-0.1, -0.05) is 17.7 Å². The first-order valence-electron chi connectivity index (χ1n) is 6.77. The molecule has 0 radical (unpaired) electrons. The average Bonchev–Trinajstić information content (AvgIpc) is 2.31. The summed E-state index contributed by atoms with van der Waals surface area (Å²) >= 11 is 0. The summed E-state index contributed by atoms with van der Waals surface area (Å²) in [5.74, 6) is 0.843. The van der Waals surface area contributed by atoms with Gasteiger partial charge in [-0.15, -0.1) is 0 Å². The Morgan fingerprint density at radius 3 is 2.84 bits per heavy atom. The molecule has 0 aliphatic rings. The number of nitrogens with two attached hydrogens (primary N) is 1. The molecule has 0 saturated carbocycles. The molecule has 0 aliphatic heterocycles. The van der Waals surface area contributed by atoms with E-state index in [0.717, 1.165) is 17.7 Å². The van der Waals surface area contributed by atoms with Crippen LogP contribution in [0.15, 0.2) is 18.2 Å². The number of rotatable bonds is 7. The number of carbonyl (C=O) groups excluding carboxylic acids is 1. The number of hydrogen-bond donors (Lipinski definition) is 2. The quantitative estimate of drug-likeness (QED) is 0.789. The van der Waals surface area contributed by atoms with Crippen LogP contribution in [0.3, 0.4) is 0 Å². The number of nitrogens with one attached hydrogen (secondary N) is 1. The molecule has 1 aromatic carbocycles. The van der Waals surface area contributed by atoms with E-state index in [9.17, 15) is 4.79 Å². The highest BCUT2D eigenvalue weighted by atomic mass is 16.5. The lowest BCUT2D eigenvalue weighted by Crippen LogP contribution is -2.24. The maximum absolute atomic E-state index is 11.3. The predicted molar refractivity (Wildman–Crippen MR) is 77.3 cm³/mol. The first kappa shape index (κ1) is 15.5. The summed E-state index contributed by atoms with van der Waals surface area (Å²) in [5.41, 5.74) is 8.13. The van der Waals surface area contributed by atoms with Gasteiger partial charge in [-0.05, 0) is 38.8 Å². The Morgan fingerprint density at radius 2 is 2.21 bits per heavy atom. The smallest absolute Gasteiger partial charge is 0.223 e. The molecule has 0 heterocycles. The maximum atomic E-state index is 11.3. The van der Waals surface area contributed by atoms with Gasteiger partial charge in [0, 0.05) is 12.6 Å². The van der Waals surface area contributed by atoms with Gasteiger partial charge >= 0.3 is 0 Å². The summed E-state index contributed by atoms with van der Waals surface area (Å²) in [7, 11) is 0. The largest absolute Gasteiger partial charge is 0.493 e. The molecule has 1 amide bonds. The van der Waals surface area contributed by atoms with Crippen LogP contribution in [0.1, 0.15) is 31.4 Å². The van der Waals surface area contributed by atoms with Crippen molar-refractivity contribution in [1.82, 2.24) is 5.32 Å². The topological polar surface area (TPSA) is 64.3 Å². The molecular formula is C15H24N2O2. The van der Waals surface area contributed by atoms with Crippen LogP contribution >= 0.6 is 0 Å². The van der Waals surface area contributed by atoms with Crippen molar-refractivity contribution >= 4 is 5.91 Å². The summed E-state index contributed by atoms with van der Waals surface area (Å²) in [4.78, 5) is 11.3. The van der Waals surface area contributed by atoms with Crippen LogP contribution in [0, 0.1) is 6.92 Å². The fourth-order valence-corrected chi connectivity index (χ4v) is 1.89. The van der Waals surface area contributed by atoms with Crippen LogP contribution in [0.5, 0.6) is 5.75 Å². The number of aryl methyl sites for hydroxylation is 1. The van der Waals surface area contributed by atoms with Crippen molar-refractivity contribution in [2.24, 2.45) is 5.73 Å². The summed E-state index contributed by atoms with van der Waals surface area (Å²) in [5, 5.41) is 2.75. The van der Waals surface area contributed by atoms with Crippen LogP contribution in [0.25, 0.3) is 0 Å². The Bertz CT molecular complexity index is 417. The predicted octanol–water partition coefficient (Wildman–Crippen LogP) is 1.79. The first-order valence-corrected chi connectivity index (χ1v) is 6.77. The number of ether oxygens (including phenoxy) is 1. The summed E-state index contributed by atoms with van der Waals surface area (Å²) in [6.45, 7) is 6.96. The van der Waals surface area contributed by atoms with Crippen molar-refractivity contribution in [1.29, 1.82) is 0 Å². The van der Waals surface area contributed by atoms with Crippen LogP contribution < -0.4 is 15.8 Å². The fraction of sp³-hybridized carbons (Fsp3) is 0.533. The first-order chi connectivity index (χ1) is 9.02. The third kappa shape index (κ3) is 5.75. The van der Waals surface area contributed by atoms with Crippen molar-refractivity contribution in [2.75, 3.05) is 13.2 Å². The summed E-state index contributed by atoms with van der Waals surface area (Å²) in [6.07, 6.45) is 1.15. The fourth-order valence-electron chi connectivity index (χ4n) is 1.89. The van der Waals surface area contributed by atoms with Crippen LogP contribution in [-0.2, 0) is 11.2 Å². The average molecular weight is 264 g/mol. The third-order valence-electron chi connectivity index (χ3n) is 2.72. The minimum Gasteiger partial charge on any atom is -0.493 e. The van der Waals surface area contributed by atoms with Crippen molar-refractivity contribution < 1.29 is 9.53 Å². The minimum atomic E-state index is 0.0170. The van der Waals surface area contributed by atoms with Gasteiger partial charge in [-0.2, -0.15) is 0 Å². The zero-order valence-corrected chi connectivity index (χ0v) is 12.0. The Morgan fingerprint density at radius 1 is 1.47 bits per heavy atom. The highest BCUT2D eigenvalue weighted by molar-refractivity contribution is 5.75. The van der Waals surface area contributed by atoms with E-state index in [4.69, 9.17) is 10.5 Å². The van der Waals surface area contributed by atoms with E-state index in [2.05, 4.69) is 11.4 Å². The van der Waals surface area contributed by atoms with Crippen LogP contribution in [0.4, 0.5) is 0 Å². The highest BCUT2D eigenvalue weighted by Gasteiger charge is 2.07. The Kier molecular flexibility index (Phi) is 6.36. The van der Waals surface area contributed by atoms with Crippen molar-refractivity contribution in [3.63, 3.8) is 0 Å². The summed E-state index contributed by atoms with van der Waals surface area (Å²) < 4.78 is 5.69. The number of benzene rings is 1. The molecule has 0 spiro atoms. The molecule has 3 N–H and O–H groups in total. The molecule has 0 aromatic heterocycles. The Hall–Kier alpha value is -1.55. The molecule has 1 rings (SSSR count). The molecule has 1 unspecified atom stereocenters. The van der Waals surface area contributed by atoms with Gasteiger partial charge in [-0.25, -0.2) is 0 Å². The molecule has 0 aliphatic carbocycles. The lowest BCUT2D eigenvalue weighted by molar-refractivity contribution is -0.121. The minimum absolute atomic E-state index is 0.0170. The summed E-state index contributed by atoms with van der Waals surface area (Å²) in [6, 6.07) is 6.13. The second-order valence-electron chi connectivity index (χ2n) is 4.84. The molecule has 4 nitrogen and oxygen atoms in total. The van der Waals surface area contributed by atoms with Gasteiger partial charge in [0.2, 0.25) is 5.91 Å². The van der Waals surface area contributed by atoms with Gasteiger partial charge in [0.15, 0.2) is 0 Å². The Labute approximate surface area is 115 Å². The monoisotopic (exact) mass is 264 g/mol. The van der Waals surface area contributed by atoms with Crippen LogP contribution in [-0.4, -0.2) is 25.1 Å². The lowest BCUT2D eigenvalue weighted by atomic mass is 10.0. The Balaban J connectivity index is 2.59. The van der Waals surface area contributed by atoms with E-state index in [1.807, 2.05) is 32.9 Å². The molecule has 106 valence electrons. The van der Waals surface area contributed by atoms with Crippen molar-refractivity contribution in [2.45, 2.75) is 39.7 Å². The number of amides is 1. The zero-order valence-electron chi connectivity index (χ0n) is 12.0.